The molecule has 6 nitrogen and oxygen atoms in total. The molecule has 340 valence electrons. The van der Waals surface area contributed by atoms with Crippen LogP contribution in [0.15, 0.2) is 117 Å². The maximum Gasteiger partial charge on any atom is 2.00 e. The van der Waals surface area contributed by atoms with Gasteiger partial charge in [-0.05, 0) is 97.8 Å². The first kappa shape index (κ1) is 63.0. The maximum absolute atomic E-state index is 13.5. The van der Waals surface area contributed by atoms with Gasteiger partial charge in [0.15, 0.2) is 11.6 Å². The Hall–Kier alpha value is -3.06. The molecule has 64 heavy (non-hydrogen) atoms. The second-order valence-corrected chi connectivity index (χ2v) is 14.3. The molecular weight excluding hydrogens is 1080 g/mol. The fourth-order valence-electron chi connectivity index (χ4n) is 5.34. The molecule has 0 saturated carbocycles. The van der Waals surface area contributed by atoms with Crippen molar-refractivity contribution in [2.45, 2.75) is 39.5 Å². The van der Waals surface area contributed by atoms with Crippen molar-refractivity contribution in [3.63, 3.8) is 0 Å². The van der Waals surface area contributed by atoms with Crippen LogP contribution in [0, 0.1) is 37.1 Å². The van der Waals surface area contributed by atoms with Crippen molar-refractivity contribution in [1.29, 1.82) is 0 Å². The summed E-state index contributed by atoms with van der Waals surface area (Å²) in [5, 5.41) is 2.26. The Kier molecular flexibility index (Phi) is 31.3. The van der Waals surface area contributed by atoms with Crippen LogP contribution in [0.25, 0.3) is 0 Å². The van der Waals surface area contributed by atoms with Gasteiger partial charge in [-0.1, -0.05) is 58.5 Å². The van der Waals surface area contributed by atoms with Gasteiger partial charge in [0, 0.05) is 95.5 Å². The third-order valence-electron chi connectivity index (χ3n) is 8.09. The summed E-state index contributed by atoms with van der Waals surface area (Å²) in [6.07, 6.45) is 8.48. The molecule has 0 fully saturated rings. The van der Waals surface area contributed by atoms with Crippen LogP contribution in [-0.4, -0.2) is 34.8 Å². The summed E-state index contributed by atoms with van der Waals surface area (Å²) in [6, 6.07) is 24.7. The van der Waals surface area contributed by atoms with Gasteiger partial charge in [-0.25, -0.2) is 17.6 Å². The van der Waals surface area contributed by atoms with Gasteiger partial charge in [0.2, 0.25) is 0 Å². The van der Waals surface area contributed by atoms with Crippen molar-refractivity contribution in [2.75, 3.05) is 0 Å². The van der Waals surface area contributed by atoms with E-state index in [1.54, 1.807) is 42.8 Å². The molecule has 0 N–H and O–H groups in total. The third kappa shape index (κ3) is 20.2. The topological polar surface area (TPSA) is 75.2 Å². The van der Waals surface area contributed by atoms with E-state index >= 15 is 0 Å². The van der Waals surface area contributed by atoms with Crippen molar-refractivity contribution in [3.05, 3.63) is 174 Å². The zero-order valence-electron chi connectivity index (χ0n) is 33.3. The molecule has 0 atom stereocenters. The van der Waals surface area contributed by atoms with E-state index in [9.17, 15) is 17.6 Å². The van der Waals surface area contributed by atoms with E-state index in [1.165, 1.54) is 24.6 Å². The van der Waals surface area contributed by atoms with Gasteiger partial charge < -0.3 is 49.6 Å². The summed E-state index contributed by atoms with van der Waals surface area (Å²) >= 11 is 24.5. The second-order valence-electron chi connectivity index (χ2n) is 12.6. The zero-order valence-corrected chi connectivity index (χ0v) is 41.6. The SMILES string of the molecule is Cc1cc(Cl)cc(Cl)c1N=CCc1cccc(CC=Nc2c(C)cc(Cl)cc2Cl)n1.Fc1ccc(N=CCc2cccc(CC=Nc3ccc(F)cc3F)n2)c(F)c1.[Cl-].[Cl-].[Cl-].[Cl-].[Fe+2].[Fe+2]. The minimum absolute atomic E-state index is 0. The van der Waals surface area contributed by atoms with E-state index < -0.39 is 23.3 Å². The molecule has 6 rings (SSSR count). The van der Waals surface area contributed by atoms with Gasteiger partial charge >= 0.3 is 34.1 Å². The molecule has 0 aliphatic carbocycles. The molecule has 0 aliphatic heterocycles. The number of pyridine rings is 2. The number of rotatable bonds is 12. The average molecular weight is 1120 g/mol. The molecule has 0 spiro atoms. The number of benzene rings is 4. The molecule has 0 amide bonds. The summed E-state index contributed by atoms with van der Waals surface area (Å²) in [7, 11) is 0. The van der Waals surface area contributed by atoms with E-state index in [2.05, 4.69) is 29.9 Å². The minimum atomic E-state index is -0.734. The molecule has 2 heterocycles. The van der Waals surface area contributed by atoms with Crippen LogP contribution in [0.2, 0.25) is 20.1 Å². The van der Waals surface area contributed by atoms with E-state index in [-0.39, 0.29) is 95.1 Å². The van der Waals surface area contributed by atoms with E-state index in [4.69, 9.17) is 46.4 Å². The van der Waals surface area contributed by atoms with Crippen molar-refractivity contribution < 1.29 is 101 Å². The summed E-state index contributed by atoms with van der Waals surface area (Å²) in [4.78, 5) is 26.0. The fourth-order valence-corrected chi connectivity index (χ4v) is 6.63. The molecule has 4 aromatic carbocycles. The Morgan fingerprint density at radius 3 is 1.06 bits per heavy atom. The van der Waals surface area contributed by atoms with Gasteiger partial charge in [0.25, 0.3) is 0 Å². The molecule has 2 aromatic heterocycles. The number of nitrogens with zero attached hydrogens (tertiary/aromatic N) is 6. The number of halogens is 12. The molecule has 0 radical (unpaired) electrons. The Labute approximate surface area is 435 Å². The predicted molar refractivity (Wildman–Crippen MR) is 231 cm³/mol. The van der Waals surface area contributed by atoms with Crippen LogP contribution >= 0.6 is 46.4 Å². The van der Waals surface area contributed by atoms with Crippen molar-refractivity contribution >= 4 is 94.0 Å². The van der Waals surface area contributed by atoms with E-state index in [0.29, 0.717) is 57.2 Å². The number of aromatic nitrogens is 2. The van der Waals surface area contributed by atoms with E-state index in [0.717, 1.165) is 58.2 Å². The molecule has 0 bridgehead atoms. The molecular formula is C44H34Cl8F4Fe2N6. The quantitative estimate of drug-likeness (QED) is 0.107. The Morgan fingerprint density at radius 1 is 0.453 bits per heavy atom. The number of hydrogen-bond acceptors (Lipinski definition) is 6. The van der Waals surface area contributed by atoms with Gasteiger partial charge in [-0.2, -0.15) is 0 Å². The first-order valence-electron chi connectivity index (χ1n) is 17.7. The van der Waals surface area contributed by atoms with Gasteiger partial charge in [-0.15, -0.1) is 0 Å². The van der Waals surface area contributed by atoms with Crippen LogP contribution < -0.4 is 49.6 Å². The zero-order chi connectivity index (χ0) is 41.6. The van der Waals surface area contributed by atoms with Gasteiger partial charge in [-0.3, -0.25) is 29.9 Å². The first-order valence-corrected chi connectivity index (χ1v) is 19.2. The fraction of sp³-hybridized carbons (Fsp3) is 0.136. The molecule has 20 heteroatoms. The van der Waals surface area contributed by atoms with Crippen LogP contribution in [0.1, 0.15) is 33.9 Å². The number of aliphatic imine (C=N–C) groups is 4. The molecule has 0 aliphatic rings. The maximum atomic E-state index is 13.5. The van der Waals surface area contributed by atoms with Crippen LogP contribution in [0.4, 0.5) is 40.3 Å². The largest absolute Gasteiger partial charge is 2.00 e. The molecule has 6 aromatic rings. The van der Waals surface area contributed by atoms with Crippen molar-refractivity contribution in [1.82, 2.24) is 9.97 Å². The number of hydrogen-bond donors (Lipinski definition) is 0. The van der Waals surface area contributed by atoms with Crippen LogP contribution in [0.3, 0.4) is 0 Å². The first-order chi connectivity index (χ1) is 27.8. The Morgan fingerprint density at radius 2 is 0.766 bits per heavy atom. The van der Waals surface area contributed by atoms with Gasteiger partial charge in [0.1, 0.15) is 11.6 Å². The van der Waals surface area contributed by atoms with Gasteiger partial charge in [0.05, 0.1) is 32.8 Å². The Bertz CT molecular complexity index is 2320. The third-order valence-corrected chi connectivity index (χ3v) is 9.10. The van der Waals surface area contributed by atoms with Crippen LogP contribution in [-0.2, 0) is 59.8 Å². The smallest absolute Gasteiger partial charge is 1.00 e. The predicted octanol–water partition coefficient (Wildman–Crippen LogP) is 1.74. The minimum Gasteiger partial charge on any atom is -1.00 e. The number of aryl methyl sites for hydroxylation is 2. The van der Waals surface area contributed by atoms with E-state index in [1.807, 2.05) is 44.2 Å². The second kappa shape index (κ2) is 31.8. The molecule has 0 unspecified atom stereocenters. The van der Waals surface area contributed by atoms with Crippen molar-refractivity contribution in [3.8, 4) is 0 Å². The Balaban J connectivity index is 0. The van der Waals surface area contributed by atoms with Crippen molar-refractivity contribution in [2.24, 2.45) is 20.0 Å². The summed E-state index contributed by atoms with van der Waals surface area (Å²) in [6.45, 7) is 3.86. The summed E-state index contributed by atoms with van der Waals surface area (Å²) in [5.41, 5.74) is 6.61. The summed E-state index contributed by atoms with van der Waals surface area (Å²) < 4.78 is 52.8. The monoisotopic (exact) mass is 1110 g/mol. The summed E-state index contributed by atoms with van der Waals surface area (Å²) in [5.74, 6) is -2.79. The van der Waals surface area contributed by atoms with Crippen LogP contribution in [0.5, 0.6) is 0 Å². The normalized spacial score (nSPS) is 10.5. The average Bonchev–Trinajstić information content (AvgIpc) is 3.16. The standard InChI is InChI=1S/C23H19Cl4N3.C21H15F4N3.4ClH.2Fe/c1-14-10-16(24)12-20(26)22(14)28-8-6-18-4-3-5-19(30-18)7-9-29-23-15(2)11-17(25)13-21(23)27;22-14-4-6-20(18(24)12-14)26-10-8-16-2-1-3-17(28-16)9-11-27-21-7-5-15(23)13-19(21)25;;;;;;/h3-5,8-13H,6-7H2,1-2H3;1-7,10-13H,8-9H2;4*1H;;/q;;;;;;2*+2/p-4. The molecule has 0 saturated heterocycles.